The van der Waals surface area contributed by atoms with Gasteiger partial charge in [0, 0.05) is 11.8 Å². The van der Waals surface area contributed by atoms with Crippen molar-refractivity contribution in [1.29, 1.82) is 5.26 Å². The van der Waals surface area contributed by atoms with Gasteiger partial charge in [0.1, 0.15) is 6.07 Å². The third-order valence-electron chi connectivity index (χ3n) is 1.45. The highest BCUT2D eigenvalue weighted by Crippen LogP contribution is 2.29. The fraction of sp³-hybridized carbons (Fsp3) is 0.250. The minimum absolute atomic E-state index is 0.0699. The molecule has 0 bridgehead atoms. The molecule has 0 aliphatic rings. The molecule has 1 rings (SSSR count). The molecule has 0 amide bonds. The topological polar surface area (TPSA) is 45.9 Å². The van der Waals surface area contributed by atoms with Crippen molar-refractivity contribution >= 4 is 11.6 Å². The van der Waals surface area contributed by atoms with Crippen LogP contribution < -0.4 is 4.74 Å². The Morgan fingerprint density at radius 3 is 2.67 bits per heavy atom. The van der Waals surface area contributed by atoms with Gasteiger partial charge in [-0.1, -0.05) is 0 Å². The molecule has 1 heterocycles. The molecule has 0 atom stereocenters. The van der Waals surface area contributed by atoms with Crippen LogP contribution in [0.15, 0.2) is 12.3 Å². The second-order valence-electron chi connectivity index (χ2n) is 2.44. The maximum absolute atomic E-state index is 12.0. The largest absolute Gasteiger partial charge is 0.573 e. The van der Waals surface area contributed by atoms with Gasteiger partial charge in [-0.25, -0.2) is 4.98 Å². The van der Waals surface area contributed by atoms with Gasteiger partial charge in [0.2, 0.25) is 0 Å². The molecule has 15 heavy (non-hydrogen) atoms. The Balaban J connectivity index is 3.18. The molecule has 0 fully saturated rings. The second kappa shape index (κ2) is 4.36. The first-order valence-corrected chi connectivity index (χ1v) is 4.21. The van der Waals surface area contributed by atoms with E-state index in [0.29, 0.717) is 0 Å². The number of ether oxygens (including phenoxy) is 1. The Bertz CT molecular complexity index is 400. The number of hydrogen-bond acceptors (Lipinski definition) is 3. The summed E-state index contributed by atoms with van der Waals surface area (Å²) in [5.74, 6) is -0.828. The van der Waals surface area contributed by atoms with Gasteiger partial charge in [0.15, 0.2) is 11.4 Å². The summed E-state index contributed by atoms with van der Waals surface area (Å²) in [6, 6.07) is 2.76. The van der Waals surface area contributed by atoms with Gasteiger partial charge in [-0.3, -0.25) is 0 Å². The van der Waals surface area contributed by atoms with Crippen LogP contribution in [0.5, 0.6) is 5.75 Å². The quantitative estimate of drug-likeness (QED) is 0.742. The van der Waals surface area contributed by atoms with Crippen LogP contribution in [-0.4, -0.2) is 11.3 Å². The first-order chi connectivity index (χ1) is 6.98. The Kier molecular flexibility index (Phi) is 3.37. The molecule has 80 valence electrons. The normalized spacial score (nSPS) is 10.9. The number of pyridine rings is 1. The summed E-state index contributed by atoms with van der Waals surface area (Å²) in [6.07, 6.45) is -3.67. The summed E-state index contributed by atoms with van der Waals surface area (Å²) in [4.78, 5) is 3.45. The van der Waals surface area contributed by atoms with E-state index in [9.17, 15) is 13.2 Å². The molecule has 0 unspecified atom stereocenters. The van der Waals surface area contributed by atoms with E-state index in [-0.39, 0.29) is 11.4 Å². The lowest BCUT2D eigenvalue weighted by molar-refractivity contribution is -0.275. The van der Waals surface area contributed by atoms with Crippen molar-refractivity contribution in [2.75, 3.05) is 0 Å². The molecule has 0 radical (unpaired) electrons. The molecular formula is C8H4ClF3N2O. The minimum atomic E-state index is -4.87. The van der Waals surface area contributed by atoms with Crippen LogP contribution in [0.2, 0.25) is 0 Å². The van der Waals surface area contributed by atoms with Crippen molar-refractivity contribution in [2.24, 2.45) is 0 Å². The lowest BCUT2D eigenvalue weighted by Gasteiger charge is -2.12. The summed E-state index contributed by atoms with van der Waals surface area (Å²) in [6.45, 7) is 0. The highest BCUT2D eigenvalue weighted by atomic mass is 35.5. The molecule has 0 aromatic carbocycles. The molecular weight excluding hydrogens is 233 g/mol. The number of halogens is 4. The molecule has 0 spiro atoms. The minimum Gasteiger partial charge on any atom is -0.402 e. The van der Waals surface area contributed by atoms with Crippen molar-refractivity contribution in [3.8, 4) is 11.8 Å². The standard InChI is InChI=1S/C8H4ClF3N2O/c9-3-5-1-2-14-6(4-13)7(5)15-8(10,11)12/h1-2H,3H2. The lowest BCUT2D eigenvalue weighted by Crippen LogP contribution is -2.19. The van der Waals surface area contributed by atoms with Gasteiger partial charge < -0.3 is 4.74 Å². The summed E-state index contributed by atoms with van der Waals surface area (Å²) in [5.41, 5.74) is -0.369. The van der Waals surface area contributed by atoms with E-state index < -0.39 is 17.8 Å². The third-order valence-corrected chi connectivity index (χ3v) is 1.74. The first kappa shape index (κ1) is 11.6. The van der Waals surface area contributed by atoms with Crippen molar-refractivity contribution in [3.63, 3.8) is 0 Å². The highest BCUT2D eigenvalue weighted by molar-refractivity contribution is 6.17. The number of hydrogen-bond donors (Lipinski definition) is 0. The molecule has 0 saturated carbocycles. The monoisotopic (exact) mass is 236 g/mol. The van der Waals surface area contributed by atoms with Crippen LogP contribution in [0.1, 0.15) is 11.3 Å². The first-order valence-electron chi connectivity index (χ1n) is 3.67. The third kappa shape index (κ3) is 2.99. The SMILES string of the molecule is N#Cc1nccc(CCl)c1OC(F)(F)F. The van der Waals surface area contributed by atoms with Crippen LogP contribution in [-0.2, 0) is 5.88 Å². The predicted molar refractivity (Wildman–Crippen MR) is 45.2 cm³/mol. The molecule has 0 aliphatic carbocycles. The zero-order valence-electron chi connectivity index (χ0n) is 7.18. The lowest BCUT2D eigenvalue weighted by atomic mass is 10.2. The van der Waals surface area contributed by atoms with Gasteiger partial charge in [-0.2, -0.15) is 5.26 Å². The van der Waals surface area contributed by atoms with Crippen molar-refractivity contribution in [1.82, 2.24) is 4.98 Å². The number of nitriles is 1. The molecule has 1 aromatic rings. The number of aromatic nitrogens is 1. The van der Waals surface area contributed by atoms with E-state index in [1.807, 2.05) is 0 Å². The molecule has 7 heteroatoms. The van der Waals surface area contributed by atoms with Crippen LogP contribution in [0, 0.1) is 11.3 Å². The summed E-state index contributed by atoms with van der Waals surface area (Å²) in [5, 5.41) is 8.53. The van der Waals surface area contributed by atoms with Crippen LogP contribution >= 0.6 is 11.6 Å². The number of rotatable bonds is 2. The number of alkyl halides is 4. The Hall–Kier alpha value is -1.48. The average molecular weight is 237 g/mol. The smallest absolute Gasteiger partial charge is 0.402 e. The maximum atomic E-state index is 12.0. The summed E-state index contributed by atoms with van der Waals surface area (Å²) >= 11 is 5.41. The van der Waals surface area contributed by atoms with Gasteiger partial charge in [0.25, 0.3) is 0 Å². The molecule has 3 nitrogen and oxygen atoms in total. The fourth-order valence-electron chi connectivity index (χ4n) is 0.903. The van der Waals surface area contributed by atoms with E-state index in [1.54, 1.807) is 0 Å². The maximum Gasteiger partial charge on any atom is 0.573 e. The Labute approximate surface area is 88.1 Å². The van der Waals surface area contributed by atoms with E-state index in [2.05, 4.69) is 9.72 Å². The van der Waals surface area contributed by atoms with Crippen molar-refractivity contribution in [3.05, 3.63) is 23.5 Å². The van der Waals surface area contributed by atoms with Gasteiger partial charge in [-0.15, -0.1) is 24.8 Å². The van der Waals surface area contributed by atoms with E-state index in [0.717, 1.165) is 0 Å². The van der Waals surface area contributed by atoms with Gasteiger partial charge in [0.05, 0.1) is 5.88 Å². The van der Waals surface area contributed by atoms with Crippen LogP contribution in [0.25, 0.3) is 0 Å². The molecule has 1 aromatic heterocycles. The van der Waals surface area contributed by atoms with Crippen molar-refractivity contribution in [2.45, 2.75) is 12.2 Å². The number of nitrogens with zero attached hydrogens (tertiary/aromatic N) is 2. The van der Waals surface area contributed by atoms with Gasteiger partial charge >= 0.3 is 6.36 Å². The zero-order valence-corrected chi connectivity index (χ0v) is 7.93. The predicted octanol–water partition coefficient (Wildman–Crippen LogP) is 2.59. The molecule has 0 N–H and O–H groups in total. The molecule has 0 aliphatic heterocycles. The second-order valence-corrected chi connectivity index (χ2v) is 2.71. The Morgan fingerprint density at radius 1 is 1.53 bits per heavy atom. The zero-order chi connectivity index (χ0) is 11.5. The highest BCUT2D eigenvalue weighted by Gasteiger charge is 2.33. The van der Waals surface area contributed by atoms with Crippen molar-refractivity contribution < 1.29 is 17.9 Å². The van der Waals surface area contributed by atoms with Crippen LogP contribution in [0.4, 0.5) is 13.2 Å². The summed E-state index contributed by atoms with van der Waals surface area (Å²) in [7, 11) is 0. The van der Waals surface area contributed by atoms with Gasteiger partial charge in [-0.05, 0) is 6.07 Å². The summed E-state index contributed by atoms with van der Waals surface area (Å²) < 4.78 is 39.6. The van der Waals surface area contributed by atoms with E-state index in [4.69, 9.17) is 16.9 Å². The van der Waals surface area contributed by atoms with E-state index >= 15 is 0 Å². The fourth-order valence-corrected chi connectivity index (χ4v) is 1.11. The van der Waals surface area contributed by atoms with Crippen LogP contribution in [0.3, 0.4) is 0 Å². The molecule has 0 saturated heterocycles. The van der Waals surface area contributed by atoms with E-state index in [1.165, 1.54) is 18.3 Å². The average Bonchev–Trinajstić information content (AvgIpc) is 2.16. The Morgan fingerprint density at radius 2 is 2.20 bits per heavy atom.